The van der Waals surface area contributed by atoms with Crippen LogP contribution in [0.2, 0.25) is 0 Å². The van der Waals surface area contributed by atoms with E-state index in [4.69, 9.17) is 9.52 Å². The first-order valence-electron chi connectivity index (χ1n) is 3.78. The van der Waals surface area contributed by atoms with Crippen molar-refractivity contribution in [2.45, 2.75) is 0 Å². The monoisotopic (exact) mass is 178 g/mol. The van der Waals surface area contributed by atoms with Crippen molar-refractivity contribution in [2.24, 2.45) is 0 Å². The third kappa shape index (κ3) is 1.54. The van der Waals surface area contributed by atoms with Crippen LogP contribution in [0.5, 0.6) is 5.75 Å². The summed E-state index contributed by atoms with van der Waals surface area (Å²) in [6, 6.07) is 5.58. The molecule has 2 nitrogen and oxygen atoms in total. The highest BCUT2D eigenvalue weighted by molar-refractivity contribution is 5.63. The van der Waals surface area contributed by atoms with E-state index in [1.807, 2.05) is 0 Å². The highest BCUT2D eigenvalue weighted by atomic mass is 19.1. The largest absolute Gasteiger partial charge is 0.508 e. The van der Waals surface area contributed by atoms with Crippen molar-refractivity contribution in [1.82, 2.24) is 0 Å². The molecule has 13 heavy (non-hydrogen) atoms. The van der Waals surface area contributed by atoms with Crippen molar-refractivity contribution in [3.63, 3.8) is 0 Å². The molecular weight excluding hydrogens is 171 g/mol. The zero-order valence-corrected chi connectivity index (χ0v) is 6.70. The maximum Gasteiger partial charge on any atom is 0.127 e. The number of aromatic hydroxyl groups is 1. The molecule has 0 unspecified atom stereocenters. The number of hydrogen-bond acceptors (Lipinski definition) is 2. The lowest BCUT2D eigenvalue weighted by Gasteiger charge is -1.98. The number of phenolic OH excluding ortho intramolecular Hbond substituents is 1. The molecule has 0 fully saturated rings. The fraction of sp³-hybridized carbons (Fsp3) is 0. The Bertz CT molecular complexity index is 387. The molecule has 0 spiro atoms. The Labute approximate surface area is 74.2 Å². The molecule has 1 aromatic carbocycles. The first kappa shape index (κ1) is 7.86. The van der Waals surface area contributed by atoms with Crippen LogP contribution in [-0.2, 0) is 0 Å². The number of hydrogen-bond donors (Lipinski definition) is 1. The molecule has 0 aliphatic carbocycles. The van der Waals surface area contributed by atoms with E-state index < -0.39 is 5.82 Å². The van der Waals surface area contributed by atoms with Crippen LogP contribution in [0.15, 0.2) is 41.2 Å². The standard InChI is InChI=1S/C10H7FO2/c11-9-3-8(4-10(12)5-9)7-1-2-13-6-7/h1-6,12H. The molecule has 1 aromatic heterocycles. The molecule has 2 rings (SSSR count). The predicted octanol–water partition coefficient (Wildman–Crippen LogP) is 2.79. The van der Waals surface area contributed by atoms with E-state index in [0.29, 0.717) is 5.56 Å². The average molecular weight is 178 g/mol. The summed E-state index contributed by atoms with van der Waals surface area (Å²) in [5, 5.41) is 9.12. The van der Waals surface area contributed by atoms with Crippen LogP contribution in [0, 0.1) is 5.82 Å². The van der Waals surface area contributed by atoms with Crippen LogP contribution in [0.1, 0.15) is 0 Å². The van der Waals surface area contributed by atoms with Crippen LogP contribution in [0.4, 0.5) is 4.39 Å². The lowest BCUT2D eigenvalue weighted by molar-refractivity contribution is 0.469. The Morgan fingerprint density at radius 3 is 2.62 bits per heavy atom. The van der Waals surface area contributed by atoms with Gasteiger partial charge in [0.2, 0.25) is 0 Å². The number of rotatable bonds is 1. The lowest BCUT2D eigenvalue weighted by atomic mass is 10.1. The topological polar surface area (TPSA) is 33.4 Å². The molecule has 0 aliphatic heterocycles. The van der Waals surface area contributed by atoms with Gasteiger partial charge in [-0.3, -0.25) is 0 Å². The Morgan fingerprint density at radius 1 is 1.15 bits per heavy atom. The van der Waals surface area contributed by atoms with Crippen molar-refractivity contribution >= 4 is 0 Å². The zero-order chi connectivity index (χ0) is 9.26. The molecule has 2 aromatic rings. The Balaban J connectivity index is 2.53. The van der Waals surface area contributed by atoms with Gasteiger partial charge in [-0.05, 0) is 23.8 Å². The van der Waals surface area contributed by atoms with E-state index in [2.05, 4.69) is 0 Å². The Hall–Kier alpha value is -1.77. The van der Waals surface area contributed by atoms with Gasteiger partial charge >= 0.3 is 0 Å². The van der Waals surface area contributed by atoms with Gasteiger partial charge < -0.3 is 9.52 Å². The van der Waals surface area contributed by atoms with Gasteiger partial charge in [0.25, 0.3) is 0 Å². The van der Waals surface area contributed by atoms with E-state index in [-0.39, 0.29) is 5.75 Å². The molecule has 0 aliphatic rings. The van der Waals surface area contributed by atoms with E-state index in [1.165, 1.54) is 24.7 Å². The summed E-state index contributed by atoms with van der Waals surface area (Å²) in [5.74, 6) is -0.549. The van der Waals surface area contributed by atoms with Crippen molar-refractivity contribution in [1.29, 1.82) is 0 Å². The second-order valence-corrected chi connectivity index (χ2v) is 2.71. The van der Waals surface area contributed by atoms with Crippen molar-refractivity contribution in [2.75, 3.05) is 0 Å². The third-order valence-corrected chi connectivity index (χ3v) is 1.74. The smallest absolute Gasteiger partial charge is 0.127 e. The van der Waals surface area contributed by atoms with Crippen LogP contribution < -0.4 is 0 Å². The molecule has 0 radical (unpaired) electrons. The van der Waals surface area contributed by atoms with Gasteiger partial charge in [0.1, 0.15) is 11.6 Å². The molecule has 66 valence electrons. The van der Waals surface area contributed by atoms with E-state index in [9.17, 15) is 4.39 Å². The van der Waals surface area contributed by atoms with Gasteiger partial charge in [-0.25, -0.2) is 4.39 Å². The second kappa shape index (κ2) is 2.94. The van der Waals surface area contributed by atoms with Gasteiger partial charge in [-0.1, -0.05) is 0 Å². The number of halogens is 1. The Morgan fingerprint density at radius 2 is 2.00 bits per heavy atom. The SMILES string of the molecule is Oc1cc(F)cc(-c2ccoc2)c1. The second-order valence-electron chi connectivity index (χ2n) is 2.71. The van der Waals surface area contributed by atoms with Crippen LogP contribution >= 0.6 is 0 Å². The minimum absolute atomic E-state index is 0.0869. The molecule has 0 saturated heterocycles. The van der Waals surface area contributed by atoms with Gasteiger partial charge in [0.15, 0.2) is 0 Å². The maximum absolute atomic E-state index is 12.8. The molecule has 0 atom stereocenters. The zero-order valence-electron chi connectivity index (χ0n) is 6.70. The van der Waals surface area contributed by atoms with E-state index >= 15 is 0 Å². The van der Waals surface area contributed by atoms with Crippen LogP contribution in [0.3, 0.4) is 0 Å². The van der Waals surface area contributed by atoms with Gasteiger partial charge in [0, 0.05) is 11.6 Å². The minimum Gasteiger partial charge on any atom is -0.508 e. The maximum atomic E-state index is 12.8. The molecule has 1 N–H and O–H groups in total. The quantitative estimate of drug-likeness (QED) is 0.728. The molecule has 0 amide bonds. The third-order valence-electron chi connectivity index (χ3n) is 1.74. The van der Waals surface area contributed by atoms with Crippen molar-refractivity contribution in [3.8, 4) is 16.9 Å². The first-order valence-corrected chi connectivity index (χ1v) is 3.78. The first-order chi connectivity index (χ1) is 6.25. The number of furan rings is 1. The summed E-state index contributed by atoms with van der Waals surface area (Å²) in [7, 11) is 0. The highest BCUT2D eigenvalue weighted by Gasteiger charge is 2.02. The number of benzene rings is 1. The van der Waals surface area contributed by atoms with Crippen LogP contribution in [0.25, 0.3) is 11.1 Å². The predicted molar refractivity (Wildman–Crippen MR) is 45.8 cm³/mol. The molecule has 0 saturated carbocycles. The van der Waals surface area contributed by atoms with Gasteiger partial charge in [-0.15, -0.1) is 0 Å². The number of phenols is 1. The van der Waals surface area contributed by atoms with Gasteiger partial charge in [-0.2, -0.15) is 0 Å². The fourth-order valence-electron chi connectivity index (χ4n) is 1.17. The normalized spacial score (nSPS) is 10.2. The average Bonchev–Trinajstić information content (AvgIpc) is 2.53. The summed E-state index contributed by atoms with van der Waals surface area (Å²) < 4.78 is 17.7. The fourth-order valence-corrected chi connectivity index (χ4v) is 1.17. The van der Waals surface area contributed by atoms with Gasteiger partial charge in [0.05, 0.1) is 12.5 Å². The molecular formula is C10H7FO2. The summed E-state index contributed by atoms with van der Waals surface area (Å²) >= 11 is 0. The Kier molecular flexibility index (Phi) is 1.77. The molecule has 1 heterocycles. The molecule has 0 bridgehead atoms. The minimum atomic E-state index is -0.462. The van der Waals surface area contributed by atoms with E-state index in [0.717, 1.165) is 11.6 Å². The summed E-state index contributed by atoms with van der Waals surface area (Å²) in [5.41, 5.74) is 1.35. The highest BCUT2D eigenvalue weighted by Crippen LogP contribution is 2.24. The summed E-state index contributed by atoms with van der Waals surface area (Å²) in [4.78, 5) is 0. The summed E-state index contributed by atoms with van der Waals surface area (Å²) in [6.45, 7) is 0. The lowest BCUT2D eigenvalue weighted by Crippen LogP contribution is -1.77. The molecule has 3 heteroatoms. The van der Waals surface area contributed by atoms with Crippen molar-refractivity contribution < 1.29 is 13.9 Å². The van der Waals surface area contributed by atoms with Crippen molar-refractivity contribution in [3.05, 3.63) is 42.6 Å². The summed E-state index contributed by atoms with van der Waals surface area (Å²) in [6.07, 6.45) is 2.99. The van der Waals surface area contributed by atoms with E-state index in [1.54, 1.807) is 6.07 Å². The van der Waals surface area contributed by atoms with Crippen LogP contribution in [-0.4, -0.2) is 5.11 Å².